The van der Waals surface area contributed by atoms with Crippen LogP contribution in [0.2, 0.25) is 0 Å². The Kier molecular flexibility index (Phi) is 4.15. The smallest absolute Gasteiger partial charge is 0.346 e. The second-order valence-corrected chi connectivity index (χ2v) is 4.05. The number of hydrogen-bond donors (Lipinski definition) is 2. The molecule has 98 valence electrons. The predicted octanol–water partition coefficient (Wildman–Crippen LogP) is 3.27. The standard InChI is InChI=1S/C16H12N2O2/c17-11-13(16(19)20)7-2-1-3-8-14-10-12-6-4-5-9-15(12)18-14/h1-10,18H,(H,19,20). The number of nitrogens with one attached hydrogen (secondary N) is 1. The molecular formula is C16H12N2O2. The van der Waals surface area contributed by atoms with Gasteiger partial charge in [0.05, 0.1) is 0 Å². The van der Waals surface area contributed by atoms with Crippen LogP contribution in [0, 0.1) is 11.3 Å². The predicted molar refractivity (Wildman–Crippen MR) is 77.8 cm³/mol. The molecule has 0 aliphatic carbocycles. The van der Waals surface area contributed by atoms with Crippen LogP contribution in [0.1, 0.15) is 5.69 Å². The van der Waals surface area contributed by atoms with Crippen molar-refractivity contribution in [1.29, 1.82) is 5.26 Å². The average Bonchev–Trinajstić information content (AvgIpc) is 2.85. The first-order chi connectivity index (χ1) is 9.70. The highest BCUT2D eigenvalue weighted by atomic mass is 16.4. The van der Waals surface area contributed by atoms with Crippen LogP contribution in [0.25, 0.3) is 17.0 Å². The monoisotopic (exact) mass is 264 g/mol. The number of fused-ring (bicyclic) bond motifs is 1. The van der Waals surface area contributed by atoms with Crippen molar-refractivity contribution in [3.8, 4) is 6.07 Å². The van der Waals surface area contributed by atoms with E-state index in [4.69, 9.17) is 10.4 Å². The number of rotatable bonds is 4. The largest absolute Gasteiger partial charge is 0.477 e. The summed E-state index contributed by atoms with van der Waals surface area (Å²) in [5.74, 6) is -1.23. The maximum absolute atomic E-state index is 10.6. The zero-order valence-corrected chi connectivity index (χ0v) is 10.6. The molecule has 0 amide bonds. The van der Waals surface area contributed by atoms with E-state index in [1.165, 1.54) is 12.2 Å². The van der Waals surface area contributed by atoms with Crippen LogP contribution in [-0.2, 0) is 4.79 Å². The molecule has 0 radical (unpaired) electrons. The lowest BCUT2D eigenvalue weighted by Gasteiger charge is -1.85. The third-order valence-corrected chi connectivity index (χ3v) is 2.66. The average molecular weight is 264 g/mol. The van der Waals surface area contributed by atoms with Gasteiger partial charge in [0.2, 0.25) is 0 Å². The van der Waals surface area contributed by atoms with Crippen molar-refractivity contribution in [2.75, 3.05) is 0 Å². The number of aromatic amines is 1. The molecule has 0 fully saturated rings. The van der Waals surface area contributed by atoms with E-state index in [1.807, 2.05) is 36.4 Å². The number of benzene rings is 1. The summed E-state index contributed by atoms with van der Waals surface area (Å²) in [4.78, 5) is 13.8. The van der Waals surface area contributed by atoms with E-state index in [0.29, 0.717) is 0 Å². The van der Waals surface area contributed by atoms with Gasteiger partial charge >= 0.3 is 5.97 Å². The highest BCUT2D eigenvalue weighted by Gasteiger charge is 2.02. The number of para-hydroxylation sites is 1. The van der Waals surface area contributed by atoms with Crippen LogP contribution in [0.4, 0.5) is 0 Å². The summed E-state index contributed by atoms with van der Waals surface area (Å²) in [6, 6.07) is 11.6. The molecule has 0 spiro atoms. The van der Waals surface area contributed by atoms with Crippen molar-refractivity contribution < 1.29 is 9.90 Å². The Morgan fingerprint density at radius 3 is 2.75 bits per heavy atom. The van der Waals surface area contributed by atoms with E-state index in [2.05, 4.69) is 4.98 Å². The van der Waals surface area contributed by atoms with E-state index in [0.717, 1.165) is 16.6 Å². The summed E-state index contributed by atoms with van der Waals surface area (Å²) < 4.78 is 0. The number of hydrogen-bond acceptors (Lipinski definition) is 2. The number of H-pyrrole nitrogens is 1. The minimum atomic E-state index is -1.23. The second-order valence-electron chi connectivity index (χ2n) is 4.05. The minimum absolute atomic E-state index is 0.291. The highest BCUT2D eigenvalue weighted by Crippen LogP contribution is 2.15. The lowest BCUT2D eigenvalue weighted by atomic mass is 10.2. The molecule has 2 N–H and O–H groups in total. The summed E-state index contributed by atoms with van der Waals surface area (Å²) >= 11 is 0. The molecule has 0 aliphatic heterocycles. The molecule has 1 heterocycles. The van der Waals surface area contributed by atoms with Crippen molar-refractivity contribution >= 4 is 22.9 Å². The van der Waals surface area contributed by atoms with Gasteiger partial charge in [-0.05, 0) is 29.7 Å². The van der Waals surface area contributed by atoms with Crippen LogP contribution >= 0.6 is 0 Å². The number of nitriles is 1. The van der Waals surface area contributed by atoms with Gasteiger partial charge in [-0.2, -0.15) is 5.26 Å². The van der Waals surface area contributed by atoms with Crippen LogP contribution in [0.5, 0.6) is 0 Å². The van der Waals surface area contributed by atoms with Crippen molar-refractivity contribution in [3.63, 3.8) is 0 Å². The maximum atomic E-state index is 10.6. The molecule has 2 aromatic rings. The molecule has 0 unspecified atom stereocenters. The van der Waals surface area contributed by atoms with E-state index in [-0.39, 0.29) is 5.57 Å². The first-order valence-electron chi connectivity index (χ1n) is 5.97. The van der Waals surface area contributed by atoms with Crippen LogP contribution in [0.3, 0.4) is 0 Å². The van der Waals surface area contributed by atoms with E-state index >= 15 is 0 Å². The minimum Gasteiger partial charge on any atom is -0.477 e. The summed E-state index contributed by atoms with van der Waals surface area (Å²) in [6.07, 6.45) is 8.10. The summed E-state index contributed by atoms with van der Waals surface area (Å²) in [5.41, 5.74) is 1.73. The Labute approximate surface area is 116 Å². The number of allylic oxidation sites excluding steroid dienone is 4. The number of carboxylic acids is 1. The fourth-order valence-electron chi connectivity index (χ4n) is 1.72. The Balaban J connectivity index is 2.07. The molecule has 20 heavy (non-hydrogen) atoms. The van der Waals surface area contributed by atoms with Crippen LogP contribution in [-0.4, -0.2) is 16.1 Å². The fourth-order valence-corrected chi connectivity index (χ4v) is 1.72. The van der Waals surface area contributed by atoms with Gasteiger partial charge in [-0.25, -0.2) is 4.79 Å². The van der Waals surface area contributed by atoms with Crippen molar-refractivity contribution in [3.05, 3.63) is 65.9 Å². The topological polar surface area (TPSA) is 76.9 Å². The molecule has 0 saturated heterocycles. The summed E-state index contributed by atoms with van der Waals surface area (Å²) in [7, 11) is 0. The maximum Gasteiger partial charge on any atom is 0.346 e. The third kappa shape index (κ3) is 3.24. The van der Waals surface area contributed by atoms with Gasteiger partial charge in [0.25, 0.3) is 0 Å². The van der Waals surface area contributed by atoms with E-state index < -0.39 is 5.97 Å². The Morgan fingerprint density at radius 2 is 2.05 bits per heavy atom. The van der Waals surface area contributed by atoms with Gasteiger partial charge in [0.1, 0.15) is 11.6 Å². The zero-order chi connectivity index (χ0) is 14.4. The SMILES string of the molecule is N#CC(=CC=CC=Cc1cc2ccccc2[nH]1)C(=O)O. The van der Waals surface area contributed by atoms with Gasteiger partial charge in [-0.15, -0.1) is 0 Å². The quantitative estimate of drug-likeness (QED) is 0.505. The van der Waals surface area contributed by atoms with Gasteiger partial charge in [0.15, 0.2) is 0 Å². The number of carboxylic acid groups (broad SMARTS) is 1. The lowest BCUT2D eigenvalue weighted by molar-refractivity contribution is -0.132. The Bertz CT molecular complexity index is 725. The number of carbonyl (C=O) groups is 1. The molecule has 0 atom stereocenters. The van der Waals surface area contributed by atoms with E-state index in [1.54, 1.807) is 18.2 Å². The zero-order valence-electron chi connectivity index (χ0n) is 10.6. The van der Waals surface area contributed by atoms with Gasteiger partial charge < -0.3 is 10.1 Å². The molecule has 4 nitrogen and oxygen atoms in total. The Morgan fingerprint density at radius 1 is 1.25 bits per heavy atom. The van der Waals surface area contributed by atoms with Crippen molar-refractivity contribution in [2.24, 2.45) is 0 Å². The molecule has 1 aromatic heterocycles. The molecule has 4 heteroatoms. The van der Waals surface area contributed by atoms with Crippen molar-refractivity contribution in [1.82, 2.24) is 4.98 Å². The molecular weight excluding hydrogens is 252 g/mol. The van der Waals surface area contributed by atoms with Gasteiger partial charge in [0, 0.05) is 11.2 Å². The van der Waals surface area contributed by atoms with Crippen LogP contribution < -0.4 is 0 Å². The van der Waals surface area contributed by atoms with Gasteiger partial charge in [-0.1, -0.05) is 36.4 Å². The summed E-state index contributed by atoms with van der Waals surface area (Å²) in [5, 5.41) is 18.3. The third-order valence-electron chi connectivity index (χ3n) is 2.66. The number of aliphatic carboxylic acids is 1. The summed E-state index contributed by atoms with van der Waals surface area (Å²) in [6.45, 7) is 0. The normalized spacial score (nSPS) is 12.2. The molecule has 0 bridgehead atoms. The molecule has 1 aromatic carbocycles. The second kappa shape index (κ2) is 6.21. The van der Waals surface area contributed by atoms with E-state index in [9.17, 15) is 4.79 Å². The number of aromatic nitrogens is 1. The van der Waals surface area contributed by atoms with Crippen LogP contribution in [0.15, 0.2) is 60.2 Å². The fraction of sp³-hybridized carbons (Fsp3) is 0. The highest BCUT2D eigenvalue weighted by molar-refractivity contribution is 5.91. The Hall–Kier alpha value is -3.06. The van der Waals surface area contributed by atoms with Gasteiger partial charge in [-0.3, -0.25) is 0 Å². The lowest BCUT2D eigenvalue weighted by Crippen LogP contribution is -1.96. The first kappa shape index (κ1) is 13.4. The molecule has 0 saturated carbocycles. The van der Waals surface area contributed by atoms with Crippen molar-refractivity contribution in [2.45, 2.75) is 0 Å². The molecule has 2 rings (SSSR count). The molecule has 0 aliphatic rings. The number of nitrogens with zero attached hydrogens (tertiary/aromatic N) is 1. The first-order valence-corrected chi connectivity index (χ1v) is 5.97.